The maximum Gasteiger partial charge on any atom is 0.270 e. The Labute approximate surface area is 269 Å². The van der Waals surface area contributed by atoms with Crippen LogP contribution in [0.5, 0.6) is 0 Å². The summed E-state index contributed by atoms with van der Waals surface area (Å²) in [5.41, 5.74) is 4.02. The van der Waals surface area contributed by atoms with Crippen molar-refractivity contribution in [2.24, 2.45) is 11.8 Å². The van der Waals surface area contributed by atoms with E-state index < -0.39 is 20.7 Å². The number of hydrogen-bond donors (Lipinski definition) is 1. The van der Waals surface area contributed by atoms with Crippen molar-refractivity contribution in [1.82, 2.24) is 0 Å². The minimum atomic E-state index is -0.655. The summed E-state index contributed by atoms with van der Waals surface area (Å²) in [4.78, 5) is 38.3. The number of ketones is 1. The lowest BCUT2D eigenvalue weighted by molar-refractivity contribution is -0.439. The topological polar surface area (TPSA) is 130 Å². The number of Topliss-reactive ketones (excluding diaryl/α,β-unsaturated/α-hetero) is 1. The zero-order valence-electron chi connectivity index (χ0n) is 27.9. The van der Waals surface area contributed by atoms with E-state index in [9.17, 15) is 30.1 Å². The molecular formula is C36H43N4O6+. The number of nitro groups is 2. The van der Waals surface area contributed by atoms with Crippen LogP contribution in [0, 0.1) is 32.1 Å². The number of fused-ring (bicyclic) bond motifs is 2. The smallest absolute Gasteiger partial charge is 0.270 e. The SMILES string of the molecule is CC(C)CCN1/C(=C\C2=C(O)C(=C\C3=[N+](CCC(C)C)c4ccc([N+](=O)[O-])cc4C3(C)C)/C2=O)C(C)(C)c2cc([N+](=O)[O-])ccc21. The van der Waals surface area contributed by atoms with E-state index in [1.54, 1.807) is 36.4 Å². The van der Waals surface area contributed by atoms with Crippen molar-refractivity contribution in [2.75, 3.05) is 18.0 Å². The molecule has 0 fully saturated rings. The second-order valence-corrected chi connectivity index (χ2v) is 14.4. The van der Waals surface area contributed by atoms with E-state index in [-0.39, 0.29) is 34.1 Å². The molecule has 0 unspecified atom stereocenters. The fraction of sp³-hybridized carbons (Fsp3) is 0.444. The van der Waals surface area contributed by atoms with Crippen molar-refractivity contribution < 1.29 is 24.3 Å². The molecule has 0 radical (unpaired) electrons. The van der Waals surface area contributed by atoms with Crippen molar-refractivity contribution in [1.29, 1.82) is 0 Å². The van der Waals surface area contributed by atoms with E-state index in [0.717, 1.165) is 46.8 Å². The monoisotopic (exact) mass is 627 g/mol. The Hall–Kier alpha value is -4.60. The number of nitrogens with zero attached hydrogens (tertiary/aromatic N) is 4. The average Bonchev–Trinajstić information content (AvgIpc) is 3.33. The molecule has 2 aromatic carbocycles. The highest BCUT2D eigenvalue weighted by molar-refractivity contribution is 6.24. The first kappa shape index (κ1) is 32.8. The van der Waals surface area contributed by atoms with E-state index in [2.05, 4.69) is 37.2 Å². The van der Waals surface area contributed by atoms with Gasteiger partial charge in [0.2, 0.25) is 11.5 Å². The molecule has 0 saturated heterocycles. The minimum absolute atomic E-state index is 0.00781. The lowest BCUT2D eigenvalue weighted by atomic mass is 9.77. The summed E-state index contributed by atoms with van der Waals surface area (Å²) in [6, 6.07) is 9.76. The van der Waals surface area contributed by atoms with Crippen LogP contribution in [0.1, 0.15) is 79.4 Å². The number of carbonyl (C=O) groups is 1. The van der Waals surface area contributed by atoms with Gasteiger partial charge in [-0.1, -0.05) is 41.5 Å². The lowest BCUT2D eigenvalue weighted by Crippen LogP contribution is -2.32. The van der Waals surface area contributed by atoms with E-state index in [1.165, 1.54) is 12.1 Å². The van der Waals surface area contributed by atoms with Crippen LogP contribution in [0.4, 0.5) is 22.7 Å². The normalized spacial score (nSPS) is 19.9. The van der Waals surface area contributed by atoms with Crippen LogP contribution in [0.15, 0.2) is 71.2 Å². The van der Waals surface area contributed by atoms with Gasteiger partial charge in [-0.25, -0.2) is 0 Å². The summed E-state index contributed by atoms with van der Waals surface area (Å²) >= 11 is 0. The second-order valence-electron chi connectivity index (χ2n) is 14.4. The van der Waals surface area contributed by atoms with Gasteiger partial charge in [0.15, 0.2) is 5.71 Å². The number of non-ortho nitro benzene ring substituents is 2. The molecule has 1 N–H and O–H groups in total. The first-order chi connectivity index (χ1) is 21.5. The van der Waals surface area contributed by atoms with E-state index >= 15 is 0 Å². The number of benzene rings is 2. The Kier molecular flexibility index (Phi) is 8.30. The van der Waals surface area contributed by atoms with Crippen molar-refractivity contribution in [3.8, 4) is 0 Å². The van der Waals surface area contributed by atoms with Gasteiger partial charge >= 0.3 is 0 Å². The number of allylic oxidation sites excluding steroid dienone is 5. The Morgan fingerprint density at radius 3 is 2.02 bits per heavy atom. The van der Waals surface area contributed by atoms with Crippen LogP contribution in [0.25, 0.3) is 0 Å². The highest BCUT2D eigenvalue weighted by atomic mass is 16.6. The summed E-state index contributed by atoms with van der Waals surface area (Å²) in [6.45, 7) is 17.8. The van der Waals surface area contributed by atoms with Crippen molar-refractivity contribution in [3.05, 3.63) is 103 Å². The summed E-state index contributed by atoms with van der Waals surface area (Å²) in [5, 5.41) is 34.6. The fourth-order valence-electron chi connectivity index (χ4n) is 6.71. The summed E-state index contributed by atoms with van der Waals surface area (Å²) in [6.07, 6.45) is 5.21. The lowest BCUT2D eigenvalue weighted by Gasteiger charge is -2.29. The molecule has 0 aromatic heterocycles. The number of rotatable bonds is 10. The van der Waals surface area contributed by atoms with Crippen LogP contribution in [0.3, 0.4) is 0 Å². The maximum atomic E-state index is 13.8. The Bertz CT molecular complexity index is 1790. The largest absolute Gasteiger partial charge is 0.506 e. The molecule has 0 saturated carbocycles. The molecule has 0 atom stereocenters. The van der Waals surface area contributed by atoms with Crippen molar-refractivity contribution >= 4 is 34.2 Å². The van der Waals surface area contributed by atoms with Crippen LogP contribution in [-0.4, -0.2) is 44.1 Å². The molecule has 2 aromatic rings. The van der Waals surface area contributed by atoms with Crippen LogP contribution >= 0.6 is 0 Å². The number of nitro benzene ring substituents is 2. The molecule has 0 spiro atoms. The molecule has 1 aliphatic carbocycles. The zero-order chi connectivity index (χ0) is 33.9. The molecular weight excluding hydrogens is 584 g/mol. The van der Waals surface area contributed by atoms with Gasteiger partial charge in [0.1, 0.15) is 12.3 Å². The number of hydrogen-bond acceptors (Lipinski definition) is 7. The maximum absolute atomic E-state index is 13.8. The molecule has 3 aliphatic rings. The van der Waals surface area contributed by atoms with Crippen LogP contribution < -0.4 is 4.90 Å². The summed E-state index contributed by atoms with van der Waals surface area (Å²) in [7, 11) is 0. The standard InChI is InChI=1S/C36H42N4O6/c1-21(2)13-15-37-29-11-9-23(39(43)44)17-27(29)35(5,6)31(37)19-25-33(41)26(34(25)42)20-32-36(7,8)28-18-24(40(45)46)10-12-30(28)38(32)16-14-22(3)4/h9-12,17-22H,13-16H2,1-8H3/p+1. The van der Waals surface area contributed by atoms with E-state index in [1.807, 2.05) is 27.7 Å². The number of anilines is 1. The first-order valence-electron chi connectivity index (χ1n) is 15.9. The minimum Gasteiger partial charge on any atom is -0.506 e. The van der Waals surface area contributed by atoms with E-state index in [0.29, 0.717) is 24.9 Å². The van der Waals surface area contributed by atoms with Gasteiger partial charge in [-0.15, -0.1) is 0 Å². The third-order valence-corrected chi connectivity index (χ3v) is 9.59. The van der Waals surface area contributed by atoms with Crippen LogP contribution in [0.2, 0.25) is 0 Å². The zero-order valence-corrected chi connectivity index (χ0v) is 27.9. The molecule has 10 heteroatoms. The summed E-state index contributed by atoms with van der Waals surface area (Å²) in [5.74, 6) is 0.429. The number of aliphatic hydroxyl groups is 1. The van der Waals surface area contributed by atoms with Crippen LogP contribution in [-0.2, 0) is 15.6 Å². The Morgan fingerprint density at radius 1 is 0.870 bits per heavy atom. The molecule has 242 valence electrons. The van der Waals surface area contributed by atoms with Gasteiger partial charge in [0.25, 0.3) is 11.4 Å². The number of carbonyl (C=O) groups excluding carboxylic acids is 1. The summed E-state index contributed by atoms with van der Waals surface area (Å²) < 4.78 is 2.11. The molecule has 0 bridgehead atoms. The highest BCUT2D eigenvalue weighted by Gasteiger charge is 2.48. The second kappa shape index (κ2) is 11.6. The van der Waals surface area contributed by atoms with Crippen molar-refractivity contribution in [3.63, 3.8) is 0 Å². The Morgan fingerprint density at radius 2 is 1.46 bits per heavy atom. The fourth-order valence-corrected chi connectivity index (χ4v) is 6.71. The van der Waals surface area contributed by atoms with Gasteiger partial charge in [0.05, 0.1) is 26.4 Å². The Balaban J connectivity index is 1.60. The molecule has 5 rings (SSSR count). The predicted molar refractivity (Wildman–Crippen MR) is 179 cm³/mol. The van der Waals surface area contributed by atoms with Gasteiger partial charge in [0, 0.05) is 71.7 Å². The van der Waals surface area contributed by atoms with Gasteiger partial charge in [-0.05, 0) is 49.8 Å². The number of aliphatic hydroxyl groups excluding tert-OH is 1. The molecule has 10 nitrogen and oxygen atoms in total. The predicted octanol–water partition coefficient (Wildman–Crippen LogP) is 7.97. The highest BCUT2D eigenvalue weighted by Crippen LogP contribution is 2.50. The van der Waals surface area contributed by atoms with E-state index in [4.69, 9.17) is 0 Å². The third-order valence-electron chi connectivity index (χ3n) is 9.59. The van der Waals surface area contributed by atoms with Crippen molar-refractivity contribution in [2.45, 2.75) is 79.1 Å². The average molecular weight is 628 g/mol. The third kappa shape index (κ3) is 5.43. The first-order valence-corrected chi connectivity index (χ1v) is 15.9. The molecule has 0 amide bonds. The molecule has 46 heavy (non-hydrogen) atoms. The van der Waals surface area contributed by atoms with Gasteiger partial charge in [-0.2, -0.15) is 4.58 Å². The van der Waals surface area contributed by atoms with Gasteiger partial charge < -0.3 is 10.0 Å². The van der Waals surface area contributed by atoms with Gasteiger partial charge in [-0.3, -0.25) is 25.0 Å². The molecule has 2 aliphatic heterocycles. The quantitative estimate of drug-likeness (QED) is 0.122. The molecule has 2 heterocycles.